The third-order valence-corrected chi connectivity index (χ3v) is 7.94. The van der Waals surface area contributed by atoms with Crippen LogP contribution in [0.15, 0.2) is 0 Å². The SMILES string of the molecule is CCCCCC1CCCC2CCCC3CCCCC(C)C3C2C1. The molecule has 0 bridgehead atoms. The zero-order chi connectivity index (χ0) is 16.1. The Morgan fingerprint density at radius 1 is 0.739 bits per heavy atom. The van der Waals surface area contributed by atoms with Crippen LogP contribution in [0.3, 0.4) is 0 Å². The number of hydrogen-bond donors (Lipinski definition) is 0. The number of fused-ring (bicyclic) bond motifs is 3. The fourth-order valence-electron chi connectivity index (χ4n) is 6.83. The van der Waals surface area contributed by atoms with Gasteiger partial charge in [0.1, 0.15) is 0 Å². The minimum atomic E-state index is 1.02. The van der Waals surface area contributed by atoms with E-state index in [2.05, 4.69) is 13.8 Å². The van der Waals surface area contributed by atoms with E-state index in [1.165, 1.54) is 38.5 Å². The molecule has 0 spiro atoms. The number of hydrogen-bond acceptors (Lipinski definition) is 0. The second kappa shape index (κ2) is 8.91. The van der Waals surface area contributed by atoms with E-state index in [0.717, 1.165) is 35.5 Å². The van der Waals surface area contributed by atoms with Crippen LogP contribution in [0.5, 0.6) is 0 Å². The maximum absolute atomic E-state index is 2.63. The van der Waals surface area contributed by atoms with Crippen molar-refractivity contribution in [1.29, 1.82) is 0 Å². The maximum atomic E-state index is 2.63. The van der Waals surface area contributed by atoms with Gasteiger partial charge < -0.3 is 0 Å². The van der Waals surface area contributed by atoms with Crippen LogP contribution >= 0.6 is 0 Å². The molecule has 23 heavy (non-hydrogen) atoms. The first-order chi connectivity index (χ1) is 11.3. The van der Waals surface area contributed by atoms with Gasteiger partial charge in [0.05, 0.1) is 0 Å². The summed E-state index contributed by atoms with van der Waals surface area (Å²) in [5.74, 6) is 6.48. The van der Waals surface area contributed by atoms with Crippen LogP contribution in [0.25, 0.3) is 0 Å². The lowest BCUT2D eigenvalue weighted by atomic mass is 9.67. The lowest BCUT2D eigenvalue weighted by molar-refractivity contribution is 0.103. The Labute approximate surface area is 146 Å². The van der Waals surface area contributed by atoms with E-state index in [9.17, 15) is 0 Å². The highest BCUT2D eigenvalue weighted by atomic mass is 14.5. The molecule has 0 amide bonds. The molecule has 0 aromatic carbocycles. The van der Waals surface area contributed by atoms with Crippen molar-refractivity contribution in [1.82, 2.24) is 0 Å². The van der Waals surface area contributed by atoms with Crippen molar-refractivity contribution in [2.45, 2.75) is 110 Å². The van der Waals surface area contributed by atoms with E-state index in [1.54, 1.807) is 57.8 Å². The van der Waals surface area contributed by atoms with E-state index in [-0.39, 0.29) is 0 Å². The first-order valence-corrected chi connectivity index (χ1v) is 11.3. The van der Waals surface area contributed by atoms with Crippen LogP contribution < -0.4 is 0 Å². The van der Waals surface area contributed by atoms with Crippen LogP contribution in [0.4, 0.5) is 0 Å². The monoisotopic (exact) mass is 318 g/mol. The van der Waals surface area contributed by atoms with E-state index in [1.807, 2.05) is 0 Å². The predicted octanol–water partition coefficient (Wildman–Crippen LogP) is 7.62. The summed E-state index contributed by atoms with van der Waals surface area (Å²) in [6.07, 6.45) is 23.0. The third-order valence-electron chi connectivity index (χ3n) is 7.94. The smallest absolute Gasteiger partial charge is 0.0329 e. The predicted molar refractivity (Wildman–Crippen MR) is 102 cm³/mol. The molecule has 0 saturated heterocycles. The van der Waals surface area contributed by atoms with Gasteiger partial charge in [-0.25, -0.2) is 0 Å². The molecular formula is C23H42. The normalized spacial score (nSPS) is 42.0. The average molecular weight is 319 g/mol. The summed E-state index contributed by atoms with van der Waals surface area (Å²) in [5, 5.41) is 0. The zero-order valence-electron chi connectivity index (χ0n) is 16.1. The van der Waals surface area contributed by atoms with Gasteiger partial charge in [0, 0.05) is 0 Å². The quantitative estimate of drug-likeness (QED) is 0.468. The Balaban J connectivity index is 1.72. The molecule has 3 fully saturated rings. The first kappa shape index (κ1) is 17.8. The highest BCUT2D eigenvalue weighted by molar-refractivity contribution is 4.92. The molecule has 134 valence electrons. The lowest BCUT2D eigenvalue weighted by Gasteiger charge is -2.39. The molecule has 6 atom stereocenters. The summed E-state index contributed by atoms with van der Waals surface area (Å²) < 4.78 is 0. The van der Waals surface area contributed by atoms with Gasteiger partial charge in [-0.1, -0.05) is 104 Å². The molecule has 3 rings (SSSR count). The van der Waals surface area contributed by atoms with Crippen molar-refractivity contribution < 1.29 is 0 Å². The Morgan fingerprint density at radius 2 is 1.43 bits per heavy atom. The van der Waals surface area contributed by atoms with Crippen molar-refractivity contribution >= 4 is 0 Å². The summed E-state index contributed by atoms with van der Waals surface area (Å²) >= 11 is 0. The molecule has 3 aliphatic carbocycles. The lowest BCUT2D eigenvalue weighted by Crippen LogP contribution is -2.31. The van der Waals surface area contributed by atoms with Gasteiger partial charge in [-0.3, -0.25) is 0 Å². The zero-order valence-corrected chi connectivity index (χ0v) is 16.1. The average Bonchev–Trinajstić information content (AvgIpc) is 2.91. The summed E-state index contributed by atoms with van der Waals surface area (Å²) in [4.78, 5) is 0. The second-order valence-electron chi connectivity index (χ2n) is 9.48. The van der Waals surface area contributed by atoms with Gasteiger partial charge >= 0.3 is 0 Å². The van der Waals surface area contributed by atoms with E-state index < -0.39 is 0 Å². The first-order valence-electron chi connectivity index (χ1n) is 11.3. The third kappa shape index (κ3) is 4.55. The molecule has 0 heterocycles. The minimum Gasteiger partial charge on any atom is -0.0654 e. The second-order valence-corrected chi connectivity index (χ2v) is 9.48. The van der Waals surface area contributed by atoms with Crippen LogP contribution in [-0.2, 0) is 0 Å². The molecular weight excluding hydrogens is 276 g/mol. The van der Waals surface area contributed by atoms with Crippen LogP contribution in [-0.4, -0.2) is 0 Å². The highest BCUT2D eigenvalue weighted by Crippen LogP contribution is 2.51. The summed E-state index contributed by atoms with van der Waals surface area (Å²) in [5.41, 5.74) is 0. The van der Waals surface area contributed by atoms with Gasteiger partial charge in [0.15, 0.2) is 0 Å². The van der Waals surface area contributed by atoms with Crippen LogP contribution in [0.1, 0.15) is 110 Å². The van der Waals surface area contributed by atoms with E-state index >= 15 is 0 Å². The molecule has 6 unspecified atom stereocenters. The fourth-order valence-corrected chi connectivity index (χ4v) is 6.83. The summed E-state index contributed by atoms with van der Waals surface area (Å²) in [7, 11) is 0. The molecule has 0 aromatic heterocycles. The molecule has 0 radical (unpaired) electrons. The molecule has 0 aromatic rings. The topological polar surface area (TPSA) is 0 Å². The molecule has 0 aliphatic heterocycles. The Morgan fingerprint density at radius 3 is 2.26 bits per heavy atom. The Hall–Kier alpha value is 0. The van der Waals surface area contributed by atoms with Gasteiger partial charge in [-0.15, -0.1) is 0 Å². The van der Waals surface area contributed by atoms with Gasteiger partial charge in [-0.2, -0.15) is 0 Å². The van der Waals surface area contributed by atoms with Crippen molar-refractivity contribution in [3.63, 3.8) is 0 Å². The van der Waals surface area contributed by atoms with Gasteiger partial charge in [0.25, 0.3) is 0 Å². The minimum absolute atomic E-state index is 1.02. The largest absolute Gasteiger partial charge is 0.0654 e. The molecule has 3 saturated carbocycles. The van der Waals surface area contributed by atoms with Crippen molar-refractivity contribution in [2.24, 2.45) is 35.5 Å². The number of unbranched alkanes of at least 4 members (excludes halogenated alkanes) is 2. The summed E-state index contributed by atoms with van der Waals surface area (Å²) in [6.45, 7) is 4.98. The van der Waals surface area contributed by atoms with Crippen molar-refractivity contribution in [3.8, 4) is 0 Å². The fraction of sp³-hybridized carbons (Fsp3) is 1.00. The number of rotatable bonds is 4. The van der Waals surface area contributed by atoms with Crippen molar-refractivity contribution in [3.05, 3.63) is 0 Å². The molecule has 0 nitrogen and oxygen atoms in total. The molecule has 0 N–H and O–H groups in total. The Bertz CT molecular complexity index is 333. The van der Waals surface area contributed by atoms with E-state index in [4.69, 9.17) is 0 Å². The van der Waals surface area contributed by atoms with Gasteiger partial charge in [0.2, 0.25) is 0 Å². The summed E-state index contributed by atoms with van der Waals surface area (Å²) in [6, 6.07) is 0. The highest BCUT2D eigenvalue weighted by Gasteiger charge is 2.42. The Kier molecular flexibility index (Phi) is 6.90. The van der Waals surface area contributed by atoms with Crippen molar-refractivity contribution in [2.75, 3.05) is 0 Å². The molecule has 3 aliphatic rings. The van der Waals surface area contributed by atoms with Crippen LogP contribution in [0.2, 0.25) is 0 Å². The van der Waals surface area contributed by atoms with E-state index in [0.29, 0.717) is 0 Å². The van der Waals surface area contributed by atoms with Crippen LogP contribution in [0, 0.1) is 35.5 Å². The molecule has 0 heteroatoms. The maximum Gasteiger partial charge on any atom is -0.0329 e. The standard InChI is InChI=1S/C23H42/c1-3-4-5-11-19-12-8-14-20-15-9-16-21-13-7-6-10-18(2)23(21)22(20)17-19/h18-23H,3-17H2,1-2H3. The van der Waals surface area contributed by atoms with Gasteiger partial charge in [-0.05, 0) is 41.9 Å².